The van der Waals surface area contributed by atoms with Crippen LogP contribution in [0.2, 0.25) is 0 Å². The van der Waals surface area contributed by atoms with Gasteiger partial charge in [0.15, 0.2) is 11.7 Å². The third kappa shape index (κ3) is 5.21. The minimum absolute atomic E-state index is 0.0478. The number of rotatable bonds is 9. The molecule has 0 aliphatic rings. The summed E-state index contributed by atoms with van der Waals surface area (Å²) >= 11 is 1.47. The third-order valence-electron chi connectivity index (χ3n) is 4.83. The number of methoxy groups -OCH3 is 1. The van der Waals surface area contributed by atoms with Gasteiger partial charge in [0.25, 0.3) is 5.91 Å². The summed E-state index contributed by atoms with van der Waals surface area (Å²) in [4.78, 5) is 23.6. The molecule has 7 nitrogen and oxygen atoms in total. The lowest BCUT2D eigenvalue weighted by atomic mass is 10.2. The van der Waals surface area contributed by atoms with Crippen LogP contribution in [0.1, 0.15) is 12.0 Å². The van der Waals surface area contributed by atoms with Crippen molar-refractivity contribution in [3.05, 3.63) is 66.7 Å². The van der Waals surface area contributed by atoms with Gasteiger partial charge in [0.2, 0.25) is 0 Å². The van der Waals surface area contributed by atoms with Crippen LogP contribution < -0.4 is 14.4 Å². The van der Waals surface area contributed by atoms with Gasteiger partial charge in [-0.1, -0.05) is 23.5 Å². The summed E-state index contributed by atoms with van der Waals surface area (Å²) in [5.74, 6) is 1.32. The average molecular weight is 437 g/mol. The van der Waals surface area contributed by atoms with Gasteiger partial charge in [0.1, 0.15) is 11.5 Å². The van der Waals surface area contributed by atoms with E-state index in [0.717, 1.165) is 34.5 Å². The highest BCUT2D eigenvalue weighted by atomic mass is 32.1. The molecule has 0 fully saturated rings. The Bertz CT molecular complexity index is 1160. The Morgan fingerprint density at radius 1 is 1.19 bits per heavy atom. The number of fused-ring (bicyclic) bond motifs is 1. The van der Waals surface area contributed by atoms with Crippen LogP contribution in [0.25, 0.3) is 10.2 Å². The predicted molar refractivity (Wildman–Crippen MR) is 122 cm³/mol. The number of carbonyl (C=O) groups is 1. The predicted octanol–water partition coefficient (Wildman–Crippen LogP) is 4.31. The van der Waals surface area contributed by atoms with E-state index in [1.165, 1.54) is 11.3 Å². The van der Waals surface area contributed by atoms with E-state index in [9.17, 15) is 4.79 Å². The van der Waals surface area contributed by atoms with Gasteiger partial charge in [-0.2, -0.15) is 0 Å². The van der Waals surface area contributed by atoms with E-state index in [4.69, 9.17) is 9.47 Å². The van der Waals surface area contributed by atoms with Crippen LogP contribution in [-0.2, 0) is 11.3 Å². The first-order valence-corrected chi connectivity index (χ1v) is 10.8. The molecule has 0 spiro atoms. The number of aromatic nitrogens is 3. The Balaban J connectivity index is 1.52. The lowest BCUT2D eigenvalue weighted by molar-refractivity contribution is -0.120. The van der Waals surface area contributed by atoms with Gasteiger partial charge in [-0.3, -0.25) is 9.69 Å². The van der Waals surface area contributed by atoms with Crippen LogP contribution in [-0.4, -0.2) is 40.7 Å². The van der Waals surface area contributed by atoms with E-state index in [2.05, 4.69) is 9.97 Å². The van der Waals surface area contributed by atoms with E-state index >= 15 is 0 Å². The van der Waals surface area contributed by atoms with Crippen molar-refractivity contribution < 1.29 is 14.3 Å². The van der Waals surface area contributed by atoms with Crippen LogP contribution >= 0.6 is 11.3 Å². The number of imidazole rings is 1. The van der Waals surface area contributed by atoms with Crippen LogP contribution in [0.4, 0.5) is 5.13 Å². The Hall–Kier alpha value is -3.39. The number of nitrogens with zero attached hydrogens (tertiary/aromatic N) is 4. The van der Waals surface area contributed by atoms with Crippen molar-refractivity contribution in [2.45, 2.75) is 19.9 Å². The maximum absolute atomic E-state index is 13.1. The molecule has 2 aromatic carbocycles. The largest absolute Gasteiger partial charge is 0.497 e. The third-order valence-corrected chi connectivity index (χ3v) is 5.87. The Labute approximate surface area is 184 Å². The summed E-state index contributed by atoms with van der Waals surface area (Å²) < 4.78 is 14.0. The van der Waals surface area contributed by atoms with Crippen molar-refractivity contribution in [3.8, 4) is 11.5 Å². The standard InChI is InChI=1S/C23H24N4O3S/c1-17-5-3-6-19(13-17)30-15-22(28)27(11-4-10-26-12-9-24-16-26)23-25-20-8-7-18(29-2)14-21(20)31-23/h3,5-9,12-14,16H,4,10-11,15H2,1-2H3. The van der Waals surface area contributed by atoms with E-state index in [-0.39, 0.29) is 12.5 Å². The van der Waals surface area contributed by atoms with Crippen molar-refractivity contribution >= 4 is 32.6 Å². The zero-order valence-electron chi connectivity index (χ0n) is 17.5. The molecule has 0 bridgehead atoms. The molecule has 0 saturated heterocycles. The maximum atomic E-state index is 13.1. The quantitative estimate of drug-likeness (QED) is 0.391. The van der Waals surface area contributed by atoms with E-state index in [1.54, 1.807) is 24.5 Å². The monoisotopic (exact) mass is 436 g/mol. The zero-order valence-corrected chi connectivity index (χ0v) is 18.3. The van der Waals surface area contributed by atoms with Crippen molar-refractivity contribution in [2.24, 2.45) is 0 Å². The van der Waals surface area contributed by atoms with Crippen LogP contribution in [0.15, 0.2) is 61.2 Å². The zero-order chi connectivity index (χ0) is 21.6. The maximum Gasteiger partial charge on any atom is 0.266 e. The fourth-order valence-electron chi connectivity index (χ4n) is 3.22. The molecule has 0 saturated carbocycles. The molecule has 4 rings (SSSR count). The number of hydrogen-bond donors (Lipinski definition) is 0. The summed E-state index contributed by atoms with van der Waals surface area (Å²) in [6.45, 7) is 3.24. The number of hydrogen-bond acceptors (Lipinski definition) is 6. The SMILES string of the molecule is COc1ccc2nc(N(CCCn3ccnc3)C(=O)COc3cccc(C)c3)sc2c1. The highest BCUT2D eigenvalue weighted by Gasteiger charge is 2.20. The molecule has 160 valence electrons. The topological polar surface area (TPSA) is 69.5 Å². The van der Waals surface area contributed by atoms with Crippen LogP contribution in [0.5, 0.6) is 11.5 Å². The molecule has 0 aliphatic heterocycles. The highest BCUT2D eigenvalue weighted by molar-refractivity contribution is 7.22. The first kappa shape index (κ1) is 20.9. The van der Waals surface area contributed by atoms with Crippen molar-refractivity contribution in [3.63, 3.8) is 0 Å². The van der Waals surface area contributed by atoms with E-state index < -0.39 is 0 Å². The Morgan fingerprint density at radius 3 is 2.87 bits per heavy atom. The number of ether oxygens (including phenoxy) is 2. The van der Waals surface area contributed by atoms with Gasteiger partial charge in [0.05, 0.1) is 23.7 Å². The molecule has 1 amide bonds. The number of anilines is 1. The molecular formula is C23H24N4O3S. The molecule has 8 heteroatoms. The molecule has 31 heavy (non-hydrogen) atoms. The second-order valence-corrected chi connectivity index (χ2v) is 8.14. The van der Waals surface area contributed by atoms with Gasteiger partial charge in [-0.25, -0.2) is 9.97 Å². The van der Waals surface area contributed by atoms with E-state index in [0.29, 0.717) is 17.4 Å². The summed E-state index contributed by atoms with van der Waals surface area (Å²) in [6.07, 6.45) is 6.21. The fourth-order valence-corrected chi connectivity index (χ4v) is 4.26. The normalized spacial score (nSPS) is 10.9. The van der Waals surface area contributed by atoms with Crippen LogP contribution in [0.3, 0.4) is 0 Å². The molecule has 4 aromatic rings. The lowest BCUT2D eigenvalue weighted by Crippen LogP contribution is -2.36. The van der Waals surface area contributed by atoms with E-state index in [1.807, 2.05) is 60.2 Å². The number of amides is 1. The Morgan fingerprint density at radius 2 is 2.10 bits per heavy atom. The number of thiazole rings is 1. The fraction of sp³-hybridized carbons (Fsp3) is 0.261. The second kappa shape index (κ2) is 9.61. The minimum atomic E-state index is -0.127. The highest BCUT2D eigenvalue weighted by Crippen LogP contribution is 2.31. The van der Waals surface area contributed by atoms with Crippen molar-refractivity contribution in [1.82, 2.24) is 14.5 Å². The van der Waals surface area contributed by atoms with Gasteiger partial charge >= 0.3 is 0 Å². The number of carbonyl (C=O) groups excluding carboxylic acids is 1. The lowest BCUT2D eigenvalue weighted by Gasteiger charge is -2.20. The first-order chi connectivity index (χ1) is 15.1. The molecule has 0 N–H and O–H groups in total. The van der Waals surface area contributed by atoms with Crippen LogP contribution in [0, 0.1) is 6.92 Å². The smallest absolute Gasteiger partial charge is 0.266 e. The number of benzene rings is 2. The van der Waals surface area contributed by atoms with Gasteiger partial charge in [-0.15, -0.1) is 0 Å². The summed E-state index contributed by atoms with van der Waals surface area (Å²) in [5.41, 5.74) is 1.93. The molecule has 0 atom stereocenters. The van der Waals surface area contributed by atoms with Gasteiger partial charge in [0, 0.05) is 25.5 Å². The molecule has 0 unspecified atom stereocenters. The minimum Gasteiger partial charge on any atom is -0.497 e. The van der Waals surface area contributed by atoms with Gasteiger partial charge in [-0.05, 0) is 49.2 Å². The molecule has 0 radical (unpaired) electrons. The molecule has 2 heterocycles. The molecule has 2 aromatic heterocycles. The van der Waals surface area contributed by atoms with Crippen molar-refractivity contribution in [2.75, 3.05) is 25.2 Å². The average Bonchev–Trinajstić information content (AvgIpc) is 3.44. The molecule has 0 aliphatic carbocycles. The summed E-state index contributed by atoms with van der Waals surface area (Å²) in [5, 5.41) is 0.659. The molecular weight excluding hydrogens is 412 g/mol. The van der Waals surface area contributed by atoms with Crippen molar-refractivity contribution in [1.29, 1.82) is 0 Å². The first-order valence-electron chi connectivity index (χ1n) is 10.0. The second-order valence-electron chi connectivity index (χ2n) is 7.13. The number of aryl methyl sites for hydroxylation is 2. The van der Waals surface area contributed by atoms with Gasteiger partial charge < -0.3 is 14.0 Å². The Kier molecular flexibility index (Phi) is 6.47. The summed E-state index contributed by atoms with van der Waals surface area (Å²) in [7, 11) is 1.64. The summed E-state index contributed by atoms with van der Waals surface area (Å²) in [6, 6.07) is 13.4.